The Kier molecular flexibility index (Phi) is 4.59. The van der Waals surface area contributed by atoms with E-state index in [0.29, 0.717) is 12.5 Å². The van der Waals surface area contributed by atoms with Crippen LogP contribution < -0.4 is 10.0 Å². The molecular weight excluding hydrogens is 264 g/mol. The molecule has 0 aromatic carbocycles. The van der Waals surface area contributed by atoms with E-state index in [1.54, 1.807) is 10.9 Å². The van der Waals surface area contributed by atoms with Crippen molar-refractivity contribution in [3.8, 4) is 0 Å². The Morgan fingerprint density at radius 1 is 1.47 bits per heavy atom. The monoisotopic (exact) mass is 286 g/mol. The maximum atomic E-state index is 12.2. The second kappa shape index (κ2) is 6.02. The summed E-state index contributed by atoms with van der Waals surface area (Å²) >= 11 is 0. The van der Waals surface area contributed by atoms with Crippen molar-refractivity contribution in [2.75, 3.05) is 13.6 Å². The van der Waals surface area contributed by atoms with Gasteiger partial charge in [-0.1, -0.05) is 13.3 Å². The maximum Gasteiger partial charge on any atom is 0.243 e. The third-order valence-electron chi connectivity index (χ3n) is 3.68. The van der Waals surface area contributed by atoms with E-state index in [4.69, 9.17) is 0 Å². The minimum absolute atomic E-state index is 0.0608. The van der Waals surface area contributed by atoms with Crippen LogP contribution in [0, 0.1) is 5.92 Å². The van der Waals surface area contributed by atoms with Crippen LogP contribution in [0.2, 0.25) is 0 Å². The average molecular weight is 286 g/mol. The first-order valence-corrected chi connectivity index (χ1v) is 8.20. The van der Waals surface area contributed by atoms with Crippen LogP contribution >= 0.6 is 0 Å². The van der Waals surface area contributed by atoms with Crippen LogP contribution in [0.25, 0.3) is 0 Å². The van der Waals surface area contributed by atoms with E-state index in [2.05, 4.69) is 22.1 Å². The van der Waals surface area contributed by atoms with Gasteiger partial charge in [-0.3, -0.25) is 4.68 Å². The lowest BCUT2D eigenvalue weighted by molar-refractivity contribution is 0.476. The number of hydrogen-bond acceptors (Lipinski definition) is 4. The maximum absolute atomic E-state index is 12.2. The van der Waals surface area contributed by atoms with Crippen LogP contribution in [0.1, 0.15) is 26.2 Å². The zero-order valence-corrected chi connectivity index (χ0v) is 12.3. The van der Waals surface area contributed by atoms with Crippen LogP contribution in [-0.2, 0) is 16.6 Å². The third kappa shape index (κ3) is 3.55. The first-order chi connectivity index (χ1) is 9.03. The predicted molar refractivity (Wildman–Crippen MR) is 73.3 cm³/mol. The topological polar surface area (TPSA) is 76.0 Å². The summed E-state index contributed by atoms with van der Waals surface area (Å²) in [6.07, 6.45) is 6.11. The van der Waals surface area contributed by atoms with Crippen molar-refractivity contribution in [1.82, 2.24) is 19.8 Å². The summed E-state index contributed by atoms with van der Waals surface area (Å²) in [5.41, 5.74) is 0. The Morgan fingerprint density at radius 2 is 2.26 bits per heavy atom. The summed E-state index contributed by atoms with van der Waals surface area (Å²) in [5, 5.41) is 7.07. The van der Waals surface area contributed by atoms with E-state index >= 15 is 0 Å². The number of nitrogens with one attached hydrogen (secondary N) is 2. The summed E-state index contributed by atoms with van der Waals surface area (Å²) in [4.78, 5) is 0.253. The molecule has 0 bridgehead atoms. The van der Waals surface area contributed by atoms with Crippen LogP contribution in [0.3, 0.4) is 0 Å². The highest BCUT2D eigenvalue weighted by Crippen LogP contribution is 2.26. The van der Waals surface area contributed by atoms with E-state index < -0.39 is 10.0 Å². The first-order valence-electron chi connectivity index (χ1n) is 6.72. The summed E-state index contributed by atoms with van der Waals surface area (Å²) in [5.74, 6) is 0.411. The molecule has 6 nitrogen and oxygen atoms in total. The number of nitrogens with zero attached hydrogens (tertiary/aromatic N) is 2. The van der Waals surface area contributed by atoms with E-state index in [9.17, 15) is 8.42 Å². The molecule has 7 heteroatoms. The number of likely N-dealkylation sites (N-methyl/N-ethyl adjacent to an activating group) is 1. The lowest BCUT2D eigenvalue weighted by Gasteiger charge is -2.16. The average Bonchev–Trinajstić information content (AvgIpc) is 2.97. The summed E-state index contributed by atoms with van der Waals surface area (Å²) in [7, 11) is -1.58. The molecule has 1 heterocycles. The molecule has 2 rings (SSSR count). The fourth-order valence-corrected chi connectivity index (χ4v) is 3.75. The molecule has 2 atom stereocenters. The number of hydrogen-bond donors (Lipinski definition) is 2. The molecule has 1 fully saturated rings. The predicted octanol–water partition coefficient (Wildman–Crippen LogP) is 0.569. The highest BCUT2D eigenvalue weighted by Gasteiger charge is 2.28. The lowest BCUT2D eigenvalue weighted by atomic mass is 10.1. The highest BCUT2D eigenvalue weighted by molar-refractivity contribution is 7.89. The second-order valence-corrected chi connectivity index (χ2v) is 6.89. The van der Waals surface area contributed by atoms with Crippen molar-refractivity contribution < 1.29 is 8.42 Å². The van der Waals surface area contributed by atoms with Gasteiger partial charge in [0.05, 0.1) is 12.7 Å². The molecule has 0 aliphatic heterocycles. The molecule has 108 valence electrons. The molecule has 1 saturated carbocycles. The summed E-state index contributed by atoms with van der Waals surface area (Å²) < 4.78 is 28.9. The standard InChI is InChI=1S/C12H22N4O2S/c1-10-4-3-5-12(10)15-19(17,18)11-8-14-16(9-11)7-6-13-2/h8-10,12-13,15H,3-7H2,1-2H3. The molecule has 0 spiro atoms. The smallest absolute Gasteiger partial charge is 0.243 e. The van der Waals surface area contributed by atoms with Crippen molar-refractivity contribution in [3.05, 3.63) is 12.4 Å². The van der Waals surface area contributed by atoms with Crippen LogP contribution in [-0.4, -0.2) is 37.8 Å². The van der Waals surface area contributed by atoms with Gasteiger partial charge < -0.3 is 5.32 Å². The molecule has 1 aromatic rings. The number of rotatable bonds is 6. The van der Waals surface area contributed by atoms with E-state index in [1.165, 1.54) is 6.20 Å². The zero-order valence-electron chi connectivity index (χ0n) is 11.5. The Hall–Kier alpha value is -0.920. The van der Waals surface area contributed by atoms with Crippen molar-refractivity contribution in [2.24, 2.45) is 5.92 Å². The SMILES string of the molecule is CNCCn1cc(S(=O)(=O)NC2CCCC2C)cn1. The molecule has 1 aliphatic rings. The second-order valence-electron chi connectivity index (χ2n) is 5.18. The quantitative estimate of drug-likeness (QED) is 0.801. The molecule has 19 heavy (non-hydrogen) atoms. The minimum Gasteiger partial charge on any atom is -0.318 e. The van der Waals surface area contributed by atoms with Gasteiger partial charge in [-0.05, 0) is 25.8 Å². The van der Waals surface area contributed by atoms with Gasteiger partial charge >= 0.3 is 0 Å². The van der Waals surface area contributed by atoms with Gasteiger partial charge in [-0.2, -0.15) is 5.10 Å². The Balaban J connectivity index is 2.04. The van der Waals surface area contributed by atoms with Gasteiger partial charge in [0.2, 0.25) is 10.0 Å². The normalized spacial score (nSPS) is 23.9. The van der Waals surface area contributed by atoms with Gasteiger partial charge in [0.15, 0.2) is 0 Å². The van der Waals surface area contributed by atoms with E-state index in [-0.39, 0.29) is 10.9 Å². The van der Waals surface area contributed by atoms with E-state index in [0.717, 1.165) is 25.8 Å². The molecular formula is C12H22N4O2S. The molecule has 1 aliphatic carbocycles. The zero-order chi connectivity index (χ0) is 13.9. The first kappa shape index (κ1) is 14.5. The Bertz CT molecular complexity index is 512. The minimum atomic E-state index is -3.43. The van der Waals surface area contributed by atoms with Crippen molar-refractivity contribution in [2.45, 2.75) is 43.7 Å². The summed E-state index contributed by atoms with van der Waals surface area (Å²) in [6, 6.07) is 0.0608. The fourth-order valence-electron chi connectivity index (χ4n) is 2.42. The van der Waals surface area contributed by atoms with Gasteiger partial charge in [0.25, 0.3) is 0 Å². The molecule has 0 radical (unpaired) electrons. The van der Waals surface area contributed by atoms with Crippen molar-refractivity contribution >= 4 is 10.0 Å². The van der Waals surface area contributed by atoms with Gasteiger partial charge in [-0.25, -0.2) is 13.1 Å². The fraction of sp³-hybridized carbons (Fsp3) is 0.750. The van der Waals surface area contributed by atoms with Crippen LogP contribution in [0.5, 0.6) is 0 Å². The summed E-state index contributed by atoms with van der Waals surface area (Å²) in [6.45, 7) is 3.51. The molecule has 2 N–H and O–H groups in total. The third-order valence-corrected chi connectivity index (χ3v) is 5.12. The molecule has 0 saturated heterocycles. The van der Waals surface area contributed by atoms with Gasteiger partial charge in [0.1, 0.15) is 4.90 Å². The van der Waals surface area contributed by atoms with Gasteiger partial charge in [-0.15, -0.1) is 0 Å². The Morgan fingerprint density at radius 3 is 2.89 bits per heavy atom. The van der Waals surface area contributed by atoms with Crippen molar-refractivity contribution in [1.29, 1.82) is 0 Å². The number of sulfonamides is 1. The molecule has 0 amide bonds. The van der Waals surface area contributed by atoms with E-state index in [1.807, 2.05) is 7.05 Å². The largest absolute Gasteiger partial charge is 0.318 e. The van der Waals surface area contributed by atoms with Crippen molar-refractivity contribution in [3.63, 3.8) is 0 Å². The van der Waals surface area contributed by atoms with Crippen LogP contribution in [0.15, 0.2) is 17.3 Å². The number of aromatic nitrogens is 2. The Labute approximate surface area is 114 Å². The molecule has 2 unspecified atom stereocenters. The van der Waals surface area contributed by atoms with Gasteiger partial charge in [0, 0.05) is 18.8 Å². The lowest BCUT2D eigenvalue weighted by Crippen LogP contribution is -2.36. The highest BCUT2D eigenvalue weighted by atomic mass is 32.2. The van der Waals surface area contributed by atoms with Crippen LogP contribution in [0.4, 0.5) is 0 Å². The molecule has 1 aromatic heterocycles.